The lowest BCUT2D eigenvalue weighted by atomic mass is 10.3. The Bertz CT molecular complexity index is 553. The molecule has 1 rings (SSSR count). The van der Waals surface area contributed by atoms with Crippen molar-refractivity contribution in [1.29, 1.82) is 0 Å². The predicted molar refractivity (Wildman–Crippen MR) is 70.0 cm³/mol. The molecule has 0 radical (unpaired) electrons. The van der Waals surface area contributed by atoms with Gasteiger partial charge in [0.15, 0.2) is 0 Å². The number of ether oxygens (including phenoxy) is 2. The summed E-state index contributed by atoms with van der Waals surface area (Å²) in [5, 5.41) is 0. The van der Waals surface area contributed by atoms with Gasteiger partial charge in [0.25, 0.3) is 0 Å². The normalized spacial score (nSPS) is 11.1. The largest absolute Gasteiger partial charge is 0.497 e. The van der Waals surface area contributed by atoms with Crippen LogP contribution in [0.3, 0.4) is 0 Å². The van der Waals surface area contributed by atoms with Gasteiger partial charge in [0.2, 0.25) is 10.0 Å². The molecule has 0 saturated heterocycles. The van der Waals surface area contributed by atoms with Gasteiger partial charge >= 0.3 is 0 Å². The van der Waals surface area contributed by atoms with Crippen molar-refractivity contribution in [3.05, 3.63) is 18.2 Å². The third-order valence-corrected chi connectivity index (χ3v) is 3.93. The molecule has 106 valence electrons. The second-order valence-corrected chi connectivity index (χ2v) is 5.60. The molecule has 0 amide bonds. The maximum Gasteiger partial charge on any atom is 0.244 e. The van der Waals surface area contributed by atoms with Crippen LogP contribution in [0.25, 0.3) is 0 Å². The lowest BCUT2D eigenvalue weighted by Crippen LogP contribution is -2.26. The number of hydrogen-bond donors (Lipinski definition) is 1. The first-order chi connectivity index (χ1) is 8.90. The molecule has 1 aromatic rings. The standard InChI is InChI=1S/C12H17NO5S/c1-9(14)6-7-13-19(15,16)12-5-4-10(17-2)8-11(12)18-3/h4-5,8,13H,6-7H2,1-3H3. The predicted octanol–water partition coefficient (Wildman–Crippen LogP) is 0.961. The van der Waals surface area contributed by atoms with E-state index in [0.29, 0.717) is 5.75 Å². The van der Waals surface area contributed by atoms with Crippen LogP contribution in [0, 0.1) is 0 Å². The van der Waals surface area contributed by atoms with Gasteiger partial charge in [-0.1, -0.05) is 0 Å². The molecule has 0 saturated carbocycles. The molecule has 0 fully saturated rings. The Hall–Kier alpha value is -1.60. The van der Waals surface area contributed by atoms with E-state index in [2.05, 4.69) is 4.72 Å². The maximum absolute atomic E-state index is 12.0. The smallest absolute Gasteiger partial charge is 0.244 e. The van der Waals surface area contributed by atoms with Crippen LogP contribution in [0.15, 0.2) is 23.1 Å². The molecule has 0 atom stereocenters. The van der Waals surface area contributed by atoms with Crippen LogP contribution < -0.4 is 14.2 Å². The molecule has 0 bridgehead atoms. The van der Waals surface area contributed by atoms with E-state index in [4.69, 9.17) is 9.47 Å². The quantitative estimate of drug-likeness (QED) is 0.808. The van der Waals surface area contributed by atoms with Crippen molar-refractivity contribution in [2.75, 3.05) is 20.8 Å². The lowest BCUT2D eigenvalue weighted by molar-refractivity contribution is -0.116. The lowest BCUT2D eigenvalue weighted by Gasteiger charge is -2.11. The molecule has 7 heteroatoms. The van der Waals surface area contributed by atoms with Crippen molar-refractivity contribution < 1.29 is 22.7 Å². The van der Waals surface area contributed by atoms with E-state index in [1.165, 1.54) is 39.3 Å². The van der Waals surface area contributed by atoms with E-state index in [-0.39, 0.29) is 29.4 Å². The minimum absolute atomic E-state index is 0.0133. The molecule has 19 heavy (non-hydrogen) atoms. The molecule has 6 nitrogen and oxygen atoms in total. The summed E-state index contributed by atoms with van der Waals surface area (Å²) < 4.78 is 36.5. The molecule has 0 spiro atoms. The van der Waals surface area contributed by atoms with Gasteiger partial charge in [-0.15, -0.1) is 0 Å². The minimum Gasteiger partial charge on any atom is -0.497 e. The Kier molecular flexibility index (Phi) is 5.31. The van der Waals surface area contributed by atoms with Crippen LogP contribution in [0.5, 0.6) is 11.5 Å². The topological polar surface area (TPSA) is 81.7 Å². The van der Waals surface area contributed by atoms with Gasteiger partial charge in [0, 0.05) is 19.0 Å². The second kappa shape index (κ2) is 6.53. The SMILES string of the molecule is COc1ccc(S(=O)(=O)NCCC(C)=O)c(OC)c1. The van der Waals surface area contributed by atoms with E-state index in [9.17, 15) is 13.2 Å². The number of rotatable bonds is 7. The fourth-order valence-electron chi connectivity index (χ4n) is 1.44. The Labute approximate surface area is 112 Å². The fraction of sp³-hybridized carbons (Fsp3) is 0.417. The first kappa shape index (κ1) is 15.5. The van der Waals surface area contributed by atoms with Crippen molar-refractivity contribution in [1.82, 2.24) is 4.72 Å². The summed E-state index contributed by atoms with van der Waals surface area (Å²) in [7, 11) is -0.848. The number of Topliss-reactive ketones (excluding diaryl/α,β-unsaturated/α-hetero) is 1. The molecule has 1 aromatic carbocycles. The average Bonchev–Trinajstić information content (AvgIpc) is 2.37. The zero-order valence-corrected chi connectivity index (χ0v) is 11.9. The summed E-state index contributed by atoms with van der Waals surface area (Å²) in [4.78, 5) is 10.8. The van der Waals surface area contributed by atoms with E-state index < -0.39 is 10.0 Å². The summed E-state index contributed by atoms with van der Waals surface area (Å²) in [5.74, 6) is 0.610. The number of nitrogens with one attached hydrogen (secondary N) is 1. The zero-order valence-electron chi connectivity index (χ0n) is 11.1. The van der Waals surface area contributed by atoms with Gasteiger partial charge < -0.3 is 9.47 Å². The van der Waals surface area contributed by atoms with Crippen LogP contribution >= 0.6 is 0 Å². The highest BCUT2D eigenvalue weighted by Crippen LogP contribution is 2.28. The van der Waals surface area contributed by atoms with Crippen molar-refractivity contribution in [3.63, 3.8) is 0 Å². The summed E-state index contributed by atoms with van der Waals surface area (Å²) in [5.41, 5.74) is 0. The Balaban J connectivity index is 2.97. The molecule has 1 N–H and O–H groups in total. The fourth-order valence-corrected chi connectivity index (χ4v) is 2.62. The molecule has 0 aliphatic carbocycles. The summed E-state index contributed by atoms with van der Waals surface area (Å²) in [6.45, 7) is 1.47. The van der Waals surface area contributed by atoms with Crippen molar-refractivity contribution >= 4 is 15.8 Å². The Morgan fingerprint density at radius 3 is 2.47 bits per heavy atom. The average molecular weight is 287 g/mol. The third kappa shape index (κ3) is 4.22. The van der Waals surface area contributed by atoms with E-state index in [1.54, 1.807) is 0 Å². The van der Waals surface area contributed by atoms with Crippen LogP contribution in [0.2, 0.25) is 0 Å². The van der Waals surface area contributed by atoms with Gasteiger partial charge in [-0.3, -0.25) is 4.79 Å². The molecule has 0 aromatic heterocycles. The van der Waals surface area contributed by atoms with Crippen LogP contribution in [-0.2, 0) is 14.8 Å². The summed E-state index contributed by atoms with van der Waals surface area (Å²) in [6.07, 6.45) is 0.150. The number of methoxy groups -OCH3 is 2. The van der Waals surface area contributed by atoms with Crippen LogP contribution in [-0.4, -0.2) is 35.0 Å². The number of hydrogen-bond acceptors (Lipinski definition) is 5. The first-order valence-corrected chi connectivity index (χ1v) is 7.10. The second-order valence-electron chi connectivity index (χ2n) is 3.87. The maximum atomic E-state index is 12.0. The number of sulfonamides is 1. The highest BCUT2D eigenvalue weighted by atomic mass is 32.2. The van der Waals surface area contributed by atoms with Crippen molar-refractivity contribution in [3.8, 4) is 11.5 Å². The minimum atomic E-state index is -3.71. The molecular formula is C12H17NO5S. The molecular weight excluding hydrogens is 270 g/mol. The van der Waals surface area contributed by atoms with Crippen LogP contribution in [0.1, 0.15) is 13.3 Å². The molecule has 0 aliphatic heterocycles. The first-order valence-electron chi connectivity index (χ1n) is 5.62. The Morgan fingerprint density at radius 1 is 1.26 bits per heavy atom. The van der Waals surface area contributed by atoms with Gasteiger partial charge in [-0.05, 0) is 19.1 Å². The zero-order chi connectivity index (χ0) is 14.5. The highest BCUT2D eigenvalue weighted by Gasteiger charge is 2.19. The van der Waals surface area contributed by atoms with Gasteiger partial charge in [0.1, 0.15) is 22.2 Å². The monoisotopic (exact) mass is 287 g/mol. The van der Waals surface area contributed by atoms with Gasteiger partial charge in [-0.25, -0.2) is 13.1 Å². The number of carbonyl (C=O) groups excluding carboxylic acids is 1. The Morgan fingerprint density at radius 2 is 1.95 bits per heavy atom. The van der Waals surface area contributed by atoms with Gasteiger partial charge in [-0.2, -0.15) is 0 Å². The molecule has 0 heterocycles. The van der Waals surface area contributed by atoms with E-state index in [0.717, 1.165) is 0 Å². The number of ketones is 1. The van der Waals surface area contributed by atoms with Gasteiger partial charge in [0.05, 0.1) is 14.2 Å². The van der Waals surface area contributed by atoms with Crippen molar-refractivity contribution in [2.45, 2.75) is 18.2 Å². The molecule has 0 aliphatic rings. The van der Waals surface area contributed by atoms with Crippen molar-refractivity contribution in [2.24, 2.45) is 0 Å². The highest BCUT2D eigenvalue weighted by molar-refractivity contribution is 7.89. The van der Waals surface area contributed by atoms with E-state index in [1.807, 2.05) is 0 Å². The van der Waals surface area contributed by atoms with Crippen LogP contribution in [0.4, 0.5) is 0 Å². The third-order valence-electron chi connectivity index (χ3n) is 2.43. The van der Waals surface area contributed by atoms with E-state index >= 15 is 0 Å². The number of benzene rings is 1. The number of carbonyl (C=O) groups is 1. The molecule has 0 unspecified atom stereocenters. The summed E-state index contributed by atoms with van der Waals surface area (Å²) >= 11 is 0. The summed E-state index contributed by atoms with van der Waals surface area (Å²) in [6, 6.07) is 4.41.